The molecule has 2 N–H and O–H groups in total. The average molecular weight is 293 g/mol. The zero-order chi connectivity index (χ0) is 15.3. The van der Waals surface area contributed by atoms with Crippen LogP contribution in [0, 0.1) is 0 Å². The average Bonchev–Trinajstić information content (AvgIpc) is 2.36. The first kappa shape index (κ1) is 16.1. The zero-order valence-electron chi connectivity index (χ0n) is 10.6. The maximum Gasteiger partial charge on any atom is 0.406 e. The molecule has 0 saturated heterocycles. The molecule has 1 aromatic rings. The fourth-order valence-electron chi connectivity index (χ4n) is 1.57. The van der Waals surface area contributed by atoms with Crippen molar-refractivity contribution in [2.75, 3.05) is 26.8 Å². The first-order chi connectivity index (χ1) is 9.28. The van der Waals surface area contributed by atoms with E-state index in [1.807, 2.05) is 0 Å². The summed E-state index contributed by atoms with van der Waals surface area (Å²) in [7, 11) is 1.32. The highest BCUT2D eigenvalue weighted by Crippen LogP contribution is 2.25. The number of alkyl halides is 3. The van der Waals surface area contributed by atoms with Gasteiger partial charge in [0, 0.05) is 6.54 Å². The number of aliphatic hydroxyl groups is 1. The van der Waals surface area contributed by atoms with Crippen molar-refractivity contribution in [3.05, 3.63) is 23.8 Å². The fourth-order valence-corrected chi connectivity index (χ4v) is 1.57. The molecule has 0 bridgehead atoms. The van der Waals surface area contributed by atoms with E-state index < -0.39 is 37.5 Å². The number of phenolic OH excluding ortho intramolecular Hbond substituents is 1. The van der Waals surface area contributed by atoms with Crippen molar-refractivity contribution in [1.29, 1.82) is 0 Å². The minimum Gasteiger partial charge on any atom is -0.507 e. The van der Waals surface area contributed by atoms with Crippen LogP contribution in [0.25, 0.3) is 0 Å². The molecule has 0 radical (unpaired) electrons. The molecular formula is C12H14F3NO4. The highest BCUT2D eigenvalue weighted by Gasteiger charge is 2.33. The molecule has 0 aliphatic rings. The van der Waals surface area contributed by atoms with Crippen molar-refractivity contribution < 1.29 is 32.9 Å². The number of phenols is 1. The number of halogens is 3. The van der Waals surface area contributed by atoms with Crippen LogP contribution in [-0.2, 0) is 0 Å². The van der Waals surface area contributed by atoms with Crippen LogP contribution >= 0.6 is 0 Å². The molecule has 0 fully saturated rings. The number of nitrogens with zero attached hydrogens (tertiary/aromatic N) is 1. The summed E-state index contributed by atoms with van der Waals surface area (Å²) >= 11 is 0. The Hall–Kier alpha value is -1.96. The summed E-state index contributed by atoms with van der Waals surface area (Å²) in [6.07, 6.45) is -4.60. The number of ether oxygens (including phenoxy) is 1. The number of benzene rings is 1. The lowest BCUT2D eigenvalue weighted by Crippen LogP contribution is -2.40. The van der Waals surface area contributed by atoms with Gasteiger partial charge in [-0.15, -0.1) is 0 Å². The number of rotatable bonds is 5. The third-order valence-electron chi connectivity index (χ3n) is 2.46. The van der Waals surface area contributed by atoms with E-state index in [0.717, 1.165) is 12.1 Å². The third-order valence-corrected chi connectivity index (χ3v) is 2.46. The number of aromatic hydroxyl groups is 1. The van der Waals surface area contributed by atoms with Gasteiger partial charge in [0.2, 0.25) is 0 Å². The van der Waals surface area contributed by atoms with Gasteiger partial charge in [-0.1, -0.05) is 0 Å². The van der Waals surface area contributed by atoms with Crippen LogP contribution in [0.3, 0.4) is 0 Å². The van der Waals surface area contributed by atoms with Crippen LogP contribution in [0.1, 0.15) is 10.4 Å². The van der Waals surface area contributed by atoms with E-state index in [1.165, 1.54) is 13.2 Å². The molecule has 112 valence electrons. The number of methoxy groups -OCH3 is 1. The lowest BCUT2D eigenvalue weighted by Gasteiger charge is -2.23. The summed E-state index contributed by atoms with van der Waals surface area (Å²) < 4.78 is 42.0. The quantitative estimate of drug-likeness (QED) is 0.861. The summed E-state index contributed by atoms with van der Waals surface area (Å²) in [6, 6.07) is 3.65. The molecule has 0 spiro atoms. The highest BCUT2D eigenvalue weighted by atomic mass is 19.4. The van der Waals surface area contributed by atoms with Gasteiger partial charge in [0.15, 0.2) is 0 Å². The standard InChI is InChI=1S/C12H14F3NO4/c1-20-8-2-3-10(18)9(6-8)11(19)16(4-5-17)7-12(13,14)15/h2-3,6,17-18H,4-5,7H2,1H3. The van der Waals surface area contributed by atoms with Gasteiger partial charge >= 0.3 is 6.18 Å². The van der Waals surface area contributed by atoms with Crippen LogP contribution in [0.15, 0.2) is 18.2 Å². The van der Waals surface area contributed by atoms with E-state index >= 15 is 0 Å². The molecule has 8 heteroatoms. The Labute approximate surface area is 113 Å². The summed E-state index contributed by atoms with van der Waals surface area (Å²) in [5.74, 6) is -1.27. The number of amides is 1. The van der Waals surface area contributed by atoms with E-state index in [0.29, 0.717) is 4.90 Å². The first-order valence-corrected chi connectivity index (χ1v) is 5.62. The largest absolute Gasteiger partial charge is 0.507 e. The molecule has 0 unspecified atom stereocenters. The lowest BCUT2D eigenvalue weighted by molar-refractivity contribution is -0.141. The van der Waals surface area contributed by atoms with Gasteiger partial charge in [0.25, 0.3) is 5.91 Å². The van der Waals surface area contributed by atoms with Crippen molar-refractivity contribution in [2.45, 2.75) is 6.18 Å². The highest BCUT2D eigenvalue weighted by molar-refractivity contribution is 5.97. The molecule has 1 rings (SSSR count). The van der Waals surface area contributed by atoms with E-state index in [1.54, 1.807) is 0 Å². The van der Waals surface area contributed by atoms with Crippen LogP contribution in [0.5, 0.6) is 11.5 Å². The molecule has 1 aromatic carbocycles. The van der Waals surface area contributed by atoms with Gasteiger partial charge in [0.1, 0.15) is 18.0 Å². The number of carbonyl (C=O) groups excluding carboxylic acids is 1. The minimum atomic E-state index is -4.60. The number of hydrogen-bond donors (Lipinski definition) is 2. The van der Waals surface area contributed by atoms with Crippen LogP contribution < -0.4 is 4.74 Å². The minimum absolute atomic E-state index is 0.224. The summed E-state index contributed by atoms with van der Waals surface area (Å²) in [6.45, 7) is -2.62. The molecular weight excluding hydrogens is 279 g/mol. The van der Waals surface area contributed by atoms with E-state index in [4.69, 9.17) is 9.84 Å². The second-order valence-electron chi connectivity index (χ2n) is 3.95. The predicted octanol–water partition coefficient (Wildman–Crippen LogP) is 1.40. The molecule has 0 aliphatic carbocycles. The molecule has 0 aliphatic heterocycles. The number of aliphatic hydroxyl groups excluding tert-OH is 1. The van der Waals surface area contributed by atoms with Crippen LogP contribution in [-0.4, -0.2) is 54.0 Å². The lowest BCUT2D eigenvalue weighted by atomic mass is 10.1. The van der Waals surface area contributed by atoms with Crippen molar-refractivity contribution in [3.8, 4) is 11.5 Å². The molecule has 0 saturated carbocycles. The van der Waals surface area contributed by atoms with E-state index in [9.17, 15) is 23.1 Å². The topological polar surface area (TPSA) is 70.0 Å². The van der Waals surface area contributed by atoms with Gasteiger partial charge in [0.05, 0.1) is 19.3 Å². The Morgan fingerprint density at radius 1 is 1.40 bits per heavy atom. The maximum absolute atomic E-state index is 12.4. The predicted molar refractivity (Wildman–Crippen MR) is 63.7 cm³/mol. The van der Waals surface area contributed by atoms with Crippen molar-refractivity contribution in [3.63, 3.8) is 0 Å². The number of carbonyl (C=O) groups is 1. The molecule has 1 amide bonds. The SMILES string of the molecule is COc1ccc(O)c(C(=O)N(CCO)CC(F)(F)F)c1. The van der Waals surface area contributed by atoms with Gasteiger partial charge < -0.3 is 19.8 Å². The monoisotopic (exact) mass is 293 g/mol. The van der Waals surface area contributed by atoms with Crippen molar-refractivity contribution in [1.82, 2.24) is 4.90 Å². The fraction of sp³-hybridized carbons (Fsp3) is 0.417. The normalized spacial score (nSPS) is 11.2. The molecule has 0 aromatic heterocycles. The second kappa shape index (κ2) is 6.47. The second-order valence-corrected chi connectivity index (χ2v) is 3.95. The Morgan fingerprint density at radius 2 is 2.05 bits per heavy atom. The molecule has 0 atom stereocenters. The van der Waals surface area contributed by atoms with Crippen LogP contribution in [0.2, 0.25) is 0 Å². The van der Waals surface area contributed by atoms with Gasteiger partial charge in [-0.25, -0.2) is 0 Å². The smallest absolute Gasteiger partial charge is 0.406 e. The maximum atomic E-state index is 12.4. The van der Waals surface area contributed by atoms with E-state index in [-0.39, 0.29) is 11.3 Å². The Morgan fingerprint density at radius 3 is 2.55 bits per heavy atom. The molecule has 5 nitrogen and oxygen atoms in total. The Balaban J connectivity index is 3.05. The summed E-state index contributed by atoms with van der Waals surface area (Å²) in [4.78, 5) is 12.4. The molecule has 0 heterocycles. The van der Waals surface area contributed by atoms with Gasteiger partial charge in [-0.3, -0.25) is 4.79 Å². The van der Waals surface area contributed by atoms with Crippen molar-refractivity contribution in [2.24, 2.45) is 0 Å². The third kappa shape index (κ3) is 4.30. The van der Waals surface area contributed by atoms with Gasteiger partial charge in [-0.2, -0.15) is 13.2 Å². The van der Waals surface area contributed by atoms with Gasteiger partial charge in [-0.05, 0) is 18.2 Å². The summed E-state index contributed by atoms with van der Waals surface area (Å²) in [5, 5.41) is 18.3. The van der Waals surface area contributed by atoms with Crippen LogP contribution in [0.4, 0.5) is 13.2 Å². The Bertz CT molecular complexity index is 476. The Kier molecular flexibility index (Phi) is 5.20. The summed E-state index contributed by atoms with van der Waals surface area (Å²) in [5.41, 5.74) is -0.318. The zero-order valence-corrected chi connectivity index (χ0v) is 10.6. The molecule has 20 heavy (non-hydrogen) atoms. The van der Waals surface area contributed by atoms with E-state index in [2.05, 4.69) is 0 Å². The van der Waals surface area contributed by atoms with Crippen molar-refractivity contribution >= 4 is 5.91 Å². The first-order valence-electron chi connectivity index (χ1n) is 5.62. The number of hydrogen-bond acceptors (Lipinski definition) is 4.